The fourth-order valence-electron chi connectivity index (χ4n) is 2.63. The number of aryl methyl sites for hydroxylation is 1. The van der Waals surface area contributed by atoms with Crippen molar-refractivity contribution in [3.8, 4) is 0 Å². The monoisotopic (exact) mass is 298 g/mol. The van der Waals surface area contributed by atoms with Crippen molar-refractivity contribution in [2.45, 2.75) is 33.4 Å². The maximum absolute atomic E-state index is 3.38. The van der Waals surface area contributed by atoms with Crippen molar-refractivity contribution in [3.05, 3.63) is 57.9 Å². The average molecular weight is 298 g/mol. The maximum Gasteiger partial charge on any atom is 0.0569 e. The lowest BCUT2D eigenvalue weighted by Crippen LogP contribution is -2.11. The van der Waals surface area contributed by atoms with Crippen molar-refractivity contribution >= 4 is 22.2 Å². The Morgan fingerprint density at radius 2 is 1.90 bits per heavy atom. The van der Waals surface area contributed by atoms with Gasteiger partial charge >= 0.3 is 0 Å². The largest absolute Gasteiger partial charge is 0.342 e. The zero-order valence-corrected chi connectivity index (χ0v) is 13.5. The van der Waals surface area contributed by atoms with Crippen molar-refractivity contribution in [2.75, 3.05) is 6.54 Å². The minimum Gasteiger partial charge on any atom is -0.342 e. The van der Waals surface area contributed by atoms with E-state index < -0.39 is 0 Å². The first kappa shape index (κ1) is 14.4. The second kappa shape index (κ2) is 6.46. The zero-order chi connectivity index (χ0) is 14.7. The van der Waals surface area contributed by atoms with Crippen LogP contribution in [0.5, 0.6) is 0 Å². The summed E-state index contributed by atoms with van der Waals surface area (Å²) in [6.45, 7) is 7.29. The maximum atomic E-state index is 3.38. The number of thiophene rings is 1. The Labute approximate surface area is 130 Å². The number of rotatable bonds is 6. The number of benzene rings is 1. The van der Waals surface area contributed by atoms with Crippen LogP contribution in [-0.4, -0.2) is 11.1 Å². The molecule has 21 heavy (non-hydrogen) atoms. The molecule has 0 fully saturated rings. The van der Waals surface area contributed by atoms with Crippen LogP contribution in [0, 0.1) is 0 Å². The van der Waals surface area contributed by atoms with Gasteiger partial charge in [-0.2, -0.15) is 0 Å². The van der Waals surface area contributed by atoms with Crippen molar-refractivity contribution in [2.24, 2.45) is 0 Å². The van der Waals surface area contributed by atoms with Gasteiger partial charge in [0, 0.05) is 28.0 Å². The van der Waals surface area contributed by atoms with Gasteiger partial charge in [0.15, 0.2) is 0 Å². The van der Waals surface area contributed by atoms with Gasteiger partial charge in [-0.15, -0.1) is 11.3 Å². The lowest BCUT2D eigenvalue weighted by molar-refractivity contribution is 0.727. The topological polar surface area (TPSA) is 17.0 Å². The molecule has 110 valence electrons. The van der Waals surface area contributed by atoms with E-state index >= 15 is 0 Å². The Balaban J connectivity index is 1.82. The standard InChI is InChI=1S/C18H22N2S/c1-3-16-6-7-17(21-16)13-20-10-9-15-11-14(12-19-4-2)5-8-18(15)20/h5-11,19H,3-4,12-13H2,1-2H3. The molecule has 1 aromatic carbocycles. The summed E-state index contributed by atoms with van der Waals surface area (Å²) in [5.74, 6) is 0. The number of fused-ring (bicyclic) bond motifs is 1. The van der Waals surface area contributed by atoms with Crippen molar-refractivity contribution in [3.63, 3.8) is 0 Å². The lowest BCUT2D eigenvalue weighted by atomic mass is 10.1. The van der Waals surface area contributed by atoms with E-state index in [1.807, 2.05) is 11.3 Å². The highest BCUT2D eigenvalue weighted by Gasteiger charge is 2.05. The molecule has 0 spiro atoms. The molecule has 1 N–H and O–H groups in total. The van der Waals surface area contributed by atoms with Gasteiger partial charge in [0.1, 0.15) is 0 Å². The molecule has 2 aromatic heterocycles. The minimum atomic E-state index is 0.947. The van der Waals surface area contributed by atoms with E-state index in [0.29, 0.717) is 0 Å². The molecule has 0 saturated heterocycles. The summed E-state index contributed by atoms with van der Waals surface area (Å²) in [6, 6.07) is 13.5. The van der Waals surface area contributed by atoms with Crippen molar-refractivity contribution < 1.29 is 0 Å². The Hall–Kier alpha value is -1.58. The molecular weight excluding hydrogens is 276 g/mol. The molecule has 0 unspecified atom stereocenters. The highest BCUT2D eigenvalue weighted by atomic mass is 32.1. The number of aromatic nitrogens is 1. The van der Waals surface area contributed by atoms with E-state index in [9.17, 15) is 0 Å². The van der Waals surface area contributed by atoms with E-state index in [1.54, 1.807) is 0 Å². The summed E-state index contributed by atoms with van der Waals surface area (Å²) < 4.78 is 2.34. The van der Waals surface area contributed by atoms with Gasteiger partial charge in [-0.05, 0) is 54.2 Å². The molecule has 0 saturated carbocycles. The van der Waals surface area contributed by atoms with Gasteiger partial charge in [-0.25, -0.2) is 0 Å². The summed E-state index contributed by atoms with van der Waals surface area (Å²) >= 11 is 1.92. The second-order valence-electron chi connectivity index (χ2n) is 5.34. The predicted octanol–water partition coefficient (Wildman–Crippen LogP) is 4.42. The van der Waals surface area contributed by atoms with Crippen LogP contribution in [0.3, 0.4) is 0 Å². The SMILES string of the molecule is CCNCc1ccc2c(ccn2Cc2ccc(CC)s2)c1. The lowest BCUT2D eigenvalue weighted by Gasteiger charge is -2.06. The highest BCUT2D eigenvalue weighted by molar-refractivity contribution is 7.11. The first-order valence-electron chi connectivity index (χ1n) is 7.66. The van der Waals surface area contributed by atoms with Gasteiger partial charge < -0.3 is 9.88 Å². The van der Waals surface area contributed by atoms with Crippen LogP contribution in [0.1, 0.15) is 29.2 Å². The molecule has 0 bridgehead atoms. The fraction of sp³-hybridized carbons (Fsp3) is 0.333. The van der Waals surface area contributed by atoms with Gasteiger partial charge in [0.05, 0.1) is 6.54 Å². The first-order valence-corrected chi connectivity index (χ1v) is 8.48. The zero-order valence-electron chi connectivity index (χ0n) is 12.7. The Morgan fingerprint density at radius 3 is 2.67 bits per heavy atom. The molecule has 0 aliphatic carbocycles. The van der Waals surface area contributed by atoms with E-state index in [0.717, 1.165) is 26.1 Å². The number of nitrogens with one attached hydrogen (secondary N) is 1. The third-order valence-electron chi connectivity index (χ3n) is 3.81. The average Bonchev–Trinajstić information content (AvgIpc) is 3.12. The molecule has 0 amide bonds. The van der Waals surface area contributed by atoms with E-state index in [-0.39, 0.29) is 0 Å². The van der Waals surface area contributed by atoms with Crippen LogP contribution in [0.2, 0.25) is 0 Å². The number of nitrogens with zero attached hydrogens (tertiary/aromatic N) is 1. The van der Waals surface area contributed by atoms with Crippen molar-refractivity contribution in [1.29, 1.82) is 0 Å². The van der Waals surface area contributed by atoms with Gasteiger partial charge in [0.25, 0.3) is 0 Å². The van der Waals surface area contributed by atoms with E-state index in [1.165, 1.54) is 26.2 Å². The number of hydrogen-bond acceptors (Lipinski definition) is 2. The molecule has 3 rings (SSSR count). The molecule has 3 aromatic rings. The van der Waals surface area contributed by atoms with Crippen LogP contribution >= 0.6 is 11.3 Å². The summed E-state index contributed by atoms with van der Waals surface area (Å²) in [6.07, 6.45) is 3.33. The third-order valence-corrected chi connectivity index (χ3v) is 5.02. The first-order chi connectivity index (χ1) is 10.3. The molecule has 0 atom stereocenters. The van der Waals surface area contributed by atoms with E-state index in [4.69, 9.17) is 0 Å². The predicted molar refractivity (Wildman–Crippen MR) is 92.1 cm³/mol. The van der Waals surface area contributed by atoms with Crippen LogP contribution in [0.4, 0.5) is 0 Å². The minimum absolute atomic E-state index is 0.947. The molecule has 2 heterocycles. The molecular formula is C18H22N2S. The summed E-state index contributed by atoms with van der Waals surface area (Å²) in [5, 5.41) is 4.71. The molecule has 3 heteroatoms. The Kier molecular flexibility index (Phi) is 4.42. The van der Waals surface area contributed by atoms with Crippen LogP contribution in [0.25, 0.3) is 10.9 Å². The van der Waals surface area contributed by atoms with Crippen LogP contribution in [-0.2, 0) is 19.5 Å². The number of hydrogen-bond donors (Lipinski definition) is 1. The summed E-state index contributed by atoms with van der Waals surface area (Å²) in [7, 11) is 0. The highest BCUT2D eigenvalue weighted by Crippen LogP contribution is 2.22. The Bertz CT molecular complexity index is 724. The fourth-order valence-corrected chi connectivity index (χ4v) is 3.59. The summed E-state index contributed by atoms with van der Waals surface area (Å²) in [5.41, 5.74) is 2.67. The van der Waals surface area contributed by atoms with Gasteiger partial charge in [-0.1, -0.05) is 19.9 Å². The van der Waals surface area contributed by atoms with E-state index in [2.05, 4.69) is 66.3 Å². The van der Waals surface area contributed by atoms with Crippen molar-refractivity contribution in [1.82, 2.24) is 9.88 Å². The van der Waals surface area contributed by atoms with Gasteiger partial charge in [0.2, 0.25) is 0 Å². The Morgan fingerprint density at radius 1 is 1.05 bits per heavy atom. The quantitative estimate of drug-likeness (QED) is 0.712. The van der Waals surface area contributed by atoms with Crippen LogP contribution in [0.15, 0.2) is 42.6 Å². The molecule has 0 radical (unpaired) electrons. The molecule has 0 aliphatic rings. The second-order valence-corrected chi connectivity index (χ2v) is 6.59. The third kappa shape index (κ3) is 3.20. The smallest absolute Gasteiger partial charge is 0.0569 e. The summed E-state index contributed by atoms with van der Waals surface area (Å²) in [4.78, 5) is 2.90. The normalized spacial score (nSPS) is 11.3. The van der Waals surface area contributed by atoms with Gasteiger partial charge in [-0.3, -0.25) is 0 Å². The molecule has 2 nitrogen and oxygen atoms in total. The van der Waals surface area contributed by atoms with Crippen LogP contribution < -0.4 is 5.32 Å². The molecule has 0 aliphatic heterocycles.